The number of rotatable bonds is 4. The molecule has 2 aromatic carbocycles. The highest BCUT2D eigenvalue weighted by Crippen LogP contribution is 2.31. The summed E-state index contributed by atoms with van der Waals surface area (Å²) in [5.41, 5.74) is -0.967. The first-order chi connectivity index (χ1) is 14.3. The third-order valence-electron chi connectivity index (χ3n) is 4.57. The van der Waals surface area contributed by atoms with Gasteiger partial charge >= 0.3 is 6.18 Å². The van der Waals surface area contributed by atoms with Crippen LogP contribution in [-0.2, 0) is 18.1 Å². The summed E-state index contributed by atoms with van der Waals surface area (Å²) < 4.78 is 67.6. The van der Waals surface area contributed by atoms with Gasteiger partial charge < -0.3 is 5.32 Å². The highest BCUT2D eigenvalue weighted by molar-refractivity contribution is 6.04. The number of nitrogens with zero attached hydrogens (tertiary/aromatic N) is 2. The lowest BCUT2D eigenvalue weighted by Crippen LogP contribution is -2.18. The summed E-state index contributed by atoms with van der Waals surface area (Å²) in [5, 5.41) is 6.91. The maximum absolute atomic E-state index is 14.1. The van der Waals surface area contributed by atoms with Crippen molar-refractivity contribution in [3.8, 4) is 0 Å². The molecule has 0 saturated carbocycles. The standard InChI is InChI=1S/C22H20F5N3O/c1-21(2,3)18-11-19(30(29-18)12-13-4-7-15(23)8-5-13)28-20(31)16-10-14(22(25,26)27)6-9-17(16)24/h4-11H,12H2,1-3H3,(H,28,31). The first-order valence-corrected chi connectivity index (χ1v) is 9.35. The predicted molar refractivity (Wildman–Crippen MR) is 106 cm³/mol. The van der Waals surface area contributed by atoms with Gasteiger partial charge in [0.25, 0.3) is 5.91 Å². The van der Waals surface area contributed by atoms with Gasteiger partial charge in [0.1, 0.15) is 17.5 Å². The van der Waals surface area contributed by atoms with Crippen molar-refractivity contribution < 1.29 is 26.7 Å². The first-order valence-electron chi connectivity index (χ1n) is 9.35. The van der Waals surface area contributed by atoms with Crippen LogP contribution in [0.5, 0.6) is 0 Å². The van der Waals surface area contributed by atoms with E-state index < -0.39 is 40.3 Å². The highest BCUT2D eigenvalue weighted by atomic mass is 19.4. The molecule has 0 saturated heterocycles. The Kier molecular flexibility index (Phi) is 5.89. The van der Waals surface area contributed by atoms with E-state index in [1.165, 1.54) is 16.8 Å². The van der Waals surface area contributed by atoms with Gasteiger partial charge in [0.2, 0.25) is 0 Å². The summed E-state index contributed by atoms with van der Waals surface area (Å²) in [5.74, 6) is -2.35. The molecule has 0 aliphatic rings. The molecule has 0 unspecified atom stereocenters. The van der Waals surface area contributed by atoms with E-state index in [-0.39, 0.29) is 12.4 Å². The summed E-state index contributed by atoms with van der Waals surface area (Å²) in [7, 11) is 0. The molecule has 0 aliphatic heterocycles. The minimum Gasteiger partial charge on any atom is -0.307 e. The Balaban J connectivity index is 1.95. The molecule has 31 heavy (non-hydrogen) atoms. The van der Waals surface area contributed by atoms with Crippen LogP contribution in [0.4, 0.5) is 27.8 Å². The SMILES string of the molecule is CC(C)(C)c1cc(NC(=O)c2cc(C(F)(F)F)ccc2F)n(Cc2ccc(F)cc2)n1. The molecule has 9 heteroatoms. The van der Waals surface area contributed by atoms with Gasteiger partial charge in [-0.05, 0) is 35.9 Å². The maximum Gasteiger partial charge on any atom is 0.416 e. The Labute approximate surface area is 175 Å². The molecule has 1 N–H and O–H groups in total. The van der Waals surface area contributed by atoms with E-state index in [4.69, 9.17) is 0 Å². The number of hydrogen-bond acceptors (Lipinski definition) is 2. The van der Waals surface area contributed by atoms with Crippen molar-refractivity contribution in [3.63, 3.8) is 0 Å². The third kappa shape index (κ3) is 5.28. The number of carbonyl (C=O) groups is 1. The van der Waals surface area contributed by atoms with Gasteiger partial charge in [0.15, 0.2) is 0 Å². The summed E-state index contributed by atoms with van der Waals surface area (Å²) in [4.78, 5) is 12.6. The van der Waals surface area contributed by atoms with Gasteiger partial charge in [-0.2, -0.15) is 18.3 Å². The quantitative estimate of drug-likeness (QED) is 0.526. The lowest BCUT2D eigenvalue weighted by atomic mass is 9.92. The Bertz CT molecular complexity index is 1100. The van der Waals surface area contributed by atoms with Crippen LogP contribution in [0, 0.1) is 11.6 Å². The fourth-order valence-electron chi connectivity index (χ4n) is 2.83. The Hall–Kier alpha value is -3.23. The van der Waals surface area contributed by atoms with Crippen molar-refractivity contribution in [2.75, 3.05) is 5.32 Å². The van der Waals surface area contributed by atoms with Crippen molar-refractivity contribution >= 4 is 11.7 Å². The number of halogens is 5. The molecule has 0 atom stereocenters. The van der Waals surface area contributed by atoms with Crippen LogP contribution >= 0.6 is 0 Å². The average Bonchev–Trinajstić information content (AvgIpc) is 3.05. The monoisotopic (exact) mass is 437 g/mol. The van der Waals surface area contributed by atoms with Crippen molar-refractivity contribution in [2.24, 2.45) is 0 Å². The van der Waals surface area contributed by atoms with E-state index in [2.05, 4.69) is 10.4 Å². The average molecular weight is 437 g/mol. The van der Waals surface area contributed by atoms with Crippen LogP contribution in [0.1, 0.15) is 48.0 Å². The maximum atomic E-state index is 14.1. The van der Waals surface area contributed by atoms with Crippen molar-refractivity contribution in [2.45, 2.75) is 38.9 Å². The number of anilines is 1. The molecule has 1 amide bonds. The second-order valence-electron chi connectivity index (χ2n) is 8.10. The first kappa shape index (κ1) is 22.5. The molecule has 3 rings (SSSR count). The van der Waals surface area contributed by atoms with Crippen LogP contribution in [0.2, 0.25) is 0 Å². The fraction of sp³-hybridized carbons (Fsp3) is 0.273. The van der Waals surface area contributed by atoms with E-state index in [0.717, 1.165) is 0 Å². The normalized spacial score (nSPS) is 12.1. The zero-order valence-electron chi connectivity index (χ0n) is 17.0. The summed E-state index contributed by atoms with van der Waals surface area (Å²) in [6.45, 7) is 5.86. The molecular weight excluding hydrogens is 417 g/mol. The number of carbonyl (C=O) groups excluding carboxylic acids is 1. The van der Waals surface area contributed by atoms with E-state index in [0.29, 0.717) is 29.5 Å². The second kappa shape index (κ2) is 8.13. The number of amides is 1. The second-order valence-corrected chi connectivity index (χ2v) is 8.10. The van der Waals surface area contributed by atoms with Crippen molar-refractivity contribution in [1.29, 1.82) is 0 Å². The van der Waals surface area contributed by atoms with Gasteiger partial charge in [-0.3, -0.25) is 4.79 Å². The number of nitrogens with one attached hydrogen (secondary N) is 1. The number of benzene rings is 2. The Morgan fingerprint density at radius 2 is 1.65 bits per heavy atom. The van der Waals surface area contributed by atoms with E-state index in [1.807, 2.05) is 20.8 Å². The molecule has 3 aromatic rings. The largest absolute Gasteiger partial charge is 0.416 e. The van der Waals surface area contributed by atoms with Gasteiger partial charge in [0, 0.05) is 11.5 Å². The molecule has 0 aliphatic carbocycles. The van der Waals surface area contributed by atoms with Crippen LogP contribution in [0.15, 0.2) is 48.5 Å². The Morgan fingerprint density at radius 1 is 1.00 bits per heavy atom. The fourth-order valence-corrected chi connectivity index (χ4v) is 2.83. The van der Waals surface area contributed by atoms with Crippen molar-refractivity contribution in [3.05, 3.63) is 82.5 Å². The van der Waals surface area contributed by atoms with Crippen LogP contribution in [0.25, 0.3) is 0 Å². The molecule has 0 bridgehead atoms. The van der Waals surface area contributed by atoms with Gasteiger partial charge in [-0.1, -0.05) is 32.9 Å². The molecule has 1 aromatic heterocycles. The van der Waals surface area contributed by atoms with E-state index >= 15 is 0 Å². The Morgan fingerprint density at radius 3 is 2.23 bits per heavy atom. The lowest BCUT2D eigenvalue weighted by Gasteiger charge is -2.14. The summed E-state index contributed by atoms with van der Waals surface area (Å²) in [6, 6.07) is 8.87. The topological polar surface area (TPSA) is 46.9 Å². The summed E-state index contributed by atoms with van der Waals surface area (Å²) in [6.07, 6.45) is -4.72. The zero-order chi connectivity index (χ0) is 23.0. The molecule has 0 radical (unpaired) electrons. The number of hydrogen-bond donors (Lipinski definition) is 1. The molecule has 1 heterocycles. The molecule has 4 nitrogen and oxygen atoms in total. The summed E-state index contributed by atoms with van der Waals surface area (Å²) >= 11 is 0. The van der Waals surface area contributed by atoms with Gasteiger partial charge in [-0.15, -0.1) is 0 Å². The van der Waals surface area contributed by atoms with Crippen LogP contribution < -0.4 is 5.32 Å². The van der Waals surface area contributed by atoms with E-state index in [9.17, 15) is 26.7 Å². The molecule has 0 spiro atoms. The third-order valence-corrected chi connectivity index (χ3v) is 4.57. The predicted octanol–water partition coefficient (Wildman–Crippen LogP) is 5.78. The number of alkyl halides is 3. The minimum atomic E-state index is -4.72. The molecule has 164 valence electrons. The van der Waals surface area contributed by atoms with Crippen LogP contribution in [0.3, 0.4) is 0 Å². The van der Waals surface area contributed by atoms with Gasteiger partial charge in [-0.25, -0.2) is 13.5 Å². The molecule has 0 fully saturated rings. The lowest BCUT2D eigenvalue weighted by molar-refractivity contribution is -0.137. The number of aromatic nitrogens is 2. The zero-order valence-corrected chi connectivity index (χ0v) is 17.0. The smallest absolute Gasteiger partial charge is 0.307 e. The highest BCUT2D eigenvalue weighted by Gasteiger charge is 2.32. The van der Waals surface area contributed by atoms with E-state index in [1.54, 1.807) is 18.2 Å². The van der Waals surface area contributed by atoms with Gasteiger partial charge in [0.05, 0.1) is 23.4 Å². The molecular formula is C22H20F5N3O. The van der Waals surface area contributed by atoms with Crippen molar-refractivity contribution in [1.82, 2.24) is 9.78 Å². The van der Waals surface area contributed by atoms with Crippen LogP contribution in [-0.4, -0.2) is 15.7 Å². The minimum absolute atomic E-state index is 0.164.